The number of rotatable bonds is 4. The molecular formula is C11H9ClN4O2. The average molecular weight is 265 g/mol. The third-order valence-electron chi connectivity index (χ3n) is 2.17. The fraction of sp³-hybridized carbons (Fsp3) is 0.182. The van der Waals surface area contributed by atoms with Crippen LogP contribution in [0.25, 0.3) is 0 Å². The quantitative estimate of drug-likeness (QED) is 0.838. The van der Waals surface area contributed by atoms with E-state index in [1.165, 1.54) is 12.4 Å². The lowest BCUT2D eigenvalue weighted by Crippen LogP contribution is -2.25. The maximum atomic E-state index is 12.0. The van der Waals surface area contributed by atoms with Gasteiger partial charge < -0.3 is 9.84 Å². The van der Waals surface area contributed by atoms with E-state index in [0.717, 1.165) is 4.68 Å². The molecule has 0 aliphatic heterocycles. The molecule has 0 amide bonds. The highest BCUT2D eigenvalue weighted by Gasteiger charge is 2.09. The lowest BCUT2D eigenvalue weighted by molar-refractivity contribution is 0.388. The highest BCUT2D eigenvalue weighted by atomic mass is 35.5. The number of nitrogens with zero attached hydrogens (tertiary/aromatic N) is 3. The molecule has 2 aromatic rings. The fourth-order valence-corrected chi connectivity index (χ4v) is 1.53. The summed E-state index contributed by atoms with van der Waals surface area (Å²) in [5.41, 5.74) is -0.140. The number of hydrogen-bond acceptors (Lipinski definition) is 5. The highest BCUT2D eigenvalue weighted by Crippen LogP contribution is 2.15. The van der Waals surface area contributed by atoms with Crippen molar-refractivity contribution in [1.29, 1.82) is 0 Å². The zero-order chi connectivity index (χ0) is 13.0. The van der Waals surface area contributed by atoms with E-state index in [0.29, 0.717) is 12.3 Å². The lowest BCUT2D eigenvalue weighted by atomic mass is 10.4. The Labute approximate surface area is 108 Å². The average Bonchev–Trinajstić information content (AvgIpc) is 2.86. The fourth-order valence-electron chi connectivity index (χ4n) is 1.34. The standard InChI is InChI=1S/C11H9ClN4O2/c1-2-5-16-11(17)10(9(12)7-14-16)13-6-8-3-4-15-18-8/h1,3-4,7,13H,5-6H2. The number of hydrogen-bond donors (Lipinski definition) is 1. The van der Waals surface area contributed by atoms with Crippen molar-refractivity contribution in [3.8, 4) is 12.3 Å². The van der Waals surface area contributed by atoms with Crippen molar-refractivity contribution < 1.29 is 4.52 Å². The first-order chi connectivity index (χ1) is 8.72. The molecule has 18 heavy (non-hydrogen) atoms. The number of halogens is 1. The zero-order valence-electron chi connectivity index (χ0n) is 9.26. The second kappa shape index (κ2) is 5.38. The van der Waals surface area contributed by atoms with Gasteiger partial charge in [-0.05, 0) is 0 Å². The minimum absolute atomic E-state index is 0.0903. The molecule has 0 saturated heterocycles. The number of nitrogens with one attached hydrogen (secondary N) is 1. The molecule has 0 radical (unpaired) electrons. The van der Waals surface area contributed by atoms with Crippen LogP contribution in [0, 0.1) is 12.3 Å². The summed E-state index contributed by atoms with van der Waals surface area (Å²) in [6, 6.07) is 1.68. The molecule has 2 aromatic heterocycles. The van der Waals surface area contributed by atoms with Gasteiger partial charge in [0.1, 0.15) is 12.2 Å². The van der Waals surface area contributed by atoms with Crippen molar-refractivity contribution in [2.24, 2.45) is 0 Å². The van der Waals surface area contributed by atoms with Crippen LogP contribution in [0.3, 0.4) is 0 Å². The van der Waals surface area contributed by atoms with Crippen molar-refractivity contribution in [3.05, 3.63) is 39.6 Å². The van der Waals surface area contributed by atoms with Gasteiger partial charge in [-0.3, -0.25) is 4.79 Å². The molecule has 2 rings (SSSR count). The molecule has 0 fully saturated rings. The van der Waals surface area contributed by atoms with E-state index in [1.807, 2.05) is 0 Å². The maximum absolute atomic E-state index is 12.0. The van der Waals surface area contributed by atoms with Crippen LogP contribution in [0.4, 0.5) is 5.69 Å². The van der Waals surface area contributed by atoms with Gasteiger partial charge in [0.2, 0.25) is 0 Å². The van der Waals surface area contributed by atoms with Crippen molar-refractivity contribution in [2.45, 2.75) is 13.1 Å². The first kappa shape index (κ1) is 12.2. The summed E-state index contributed by atoms with van der Waals surface area (Å²) < 4.78 is 6.05. The zero-order valence-corrected chi connectivity index (χ0v) is 10.0. The van der Waals surface area contributed by atoms with Crippen LogP contribution in [-0.4, -0.2) is 14.9 Å². The van der Waals surface area contributed by atoms with Gasteiger partial charge in [-0.2, -0.15) is 5.10 Å². The van der Waals surface area contributed by atoms with Crippen LogP contribution in [0.5, 0.6) is 0 Å². The molecule has 0 saturated carbocycles. The summed E-state index contributed by atoms with van der Waals surface area (Å²) >= 11 is 5.91. The number of anilines is 1. The van der Waals surface area contributed by atoms with Gasteiger partial charge in [-0.25, -0.2) is 4.68 Å². The topological polar surface area (TPSA) is 73.0 Å². The summed E-state index contributed by atoms with van der Waals surface area (Å²) in [5, 5.41) is 10.5. The SMILES string of the molecule is C#CCn1ncc(Cl)c(NCc2ccno2)c1=O. The number of aromatic nitrogens is 3. The molecule has 0 atom stereocenters. The van der Waals surface area contributed by atoms with Gasteiger partial charge in [0, 0.05) is 6.07 Å². The Hall–Kier alpha value is -2.26. The summed E-state index contributed by atoms with van der Waals surface area (Å²) in [7, 11) is 0. The van der Waals surface area contributed by atoms with E-state index in [4.69, 9.17) is 22.5 Å². The van der Waals surface area contributed by atoms with Crippen LogP contribution in [0.2, 0.25) is 5.02 Å². The lowest BCUT2D eigenvalue weighted by Gasteiger charge is -2.07. The van der Waals surface area contributed by atoms with E-state index in [-0.39, 0.29) is 22.8 Å². The molecule has 6 nitrogen and oxygen atoms in total. The summed E-state index contributed by atoms with van der Waals surface area (Å²) in [5.74, 6) is 2.93. The van der Waals surface area contributed by atoms with Crippen LogP contribution >= 0.6 is 11.6 Å². The van der Waals surface area contributed by atoms with E-state index >= 15 is 0 Å². The molecule has 0 spiro atoms. The van der Waals surface area contributed by atoms with Crippen molar-refractivity contribution in [2.75, 3.05) is 5.32 Å². The highest BCUT2D eigenvalue weighted by molar-refractivity contribution is 6.32. The van der Waals surface area contributed by atoms with Gasteiger partial charge in [0.15, 0.2) is 5.76 Å². The van der Waals surface area contributed by atoms with Crippen molar-refractivity contribution in [3.63, 3.8) is 0 Å². The Bertz CT molecular complexity index is 627. The van der Waals surface area contributed by atoms with Gasteiger partial charge in [0.05, 0.1) is 24.0 Å². The molecule has 7 heteroatoms. The Morgan fingerprint density at radius 1 is 1.61 bits per heavy atom. The monoisotopic (exact) mass is 264 g/mol. The first-order valence-electron chi connectivity index (χ1n) is 5.05. The van der Waals surface area contributed by atoms with Crippen LogP contribution in [0.15, 0.2) is 27.8 Å². The predicted molar refractivity (Wildman–Crippen MR) is 66.2 cm³/mol. The first-order valence-corrected chi connectivity index (χ1v) is 5.42. The smallest absolute Gasteiger partial charge is 0.292 e. The number of terminal acetylenes is 1. The molecule has 0 aliphatic rings. The summed E-state index contributed by atoms with van der Waals surface area (Å²) in [6.07, 6.45) is 8.02. The van der Waals surface area contributed by atoms with Gasteiger partial charge in [-0.15, -0.1) is 6.42 Å². The Morgan fingerprint density at radius 2 is 2.44 bits per heavy atom. The Morgan fingerprint density at radius 3 is 3.11 bits per heavy atom. The van der Waals surface area contributed by atoms with Crippen molar-refractivity contribution in [1.82, 2.24) is 14.9 Å². The molecule has 1 N–H and O–H groups in total. The third kappa shape index (κ3) is 2.52. The minimum Gasteiger partial charge on any atom is -0.372 e. The molecule has 0 aromatic carbocycles. The van der Waals surface area contributed by atoms with Crippen LogP contribution in [-0.2, 0) is 13.1 Å². The van der Waals surface area contributed by atoms with E-state index in [2.05, 4.69) is 21.5 Å². The van der Waals surface area contributed by atoms with Crippen LogP contribution < -0.4 is 10.9 Å². The molecule has 0 aliphatic carbocycles. The predicted octanol–water partition coefficient (Wildman–Crippen LogP) is 1.13. The van der Waals surface area contributed by atoms with Crippen LogP contribution in [0.1, 0.15) is 5.76 Å². The van der Waals surface area contributed by atoms with E-state index < -0.39 is 0 Å². The molecule has 92 valence electrons. The largest absolute Gasteiger partial charge is 0.372 e. The Balaban J connectivity index is 2.24. The molecule has 0 unspecified atom stereocenters. The Kier molecular flexibility index (Phi) is 3.65. The van der Waals surface area contributed by atoms with E-state index in [1.54, 1.807) is 6.07 Å². The van der Waals surface area contributed by atoms with Gasteiger partial charge in [-0.1, -0.05) is 22.7 Å². The maximum Gasteiger partial charge on any atom is 0.292 e. The normalized spacial score (nSPS) is 10.0. The van der Waals surface area contributed by atoms with Gasteiger partial charge >= 0.3 is 0 Å². The molecule has 0 bridgehead atoms. The van der Waals surface area contributed by atoms with E-state index in [9.17, 15) is 4.79 Å². The van der Waals surface area contributed by atoms with Crippen molar-refractivity contribution >= 4 is 17.3 Å². The molecular weight excluding hydrogens is 256 g/mol. The summed E-state index contributed by atoms with van der Waals surface area (Å²) in [4.78, 5) is 12.0. The minimum atomic E-state index is -0.375. The summed E-state index contributed by atoms with van der Waals surface area (Å²) in [6.45, 7) is 0.391. The molecule has 2 heterocycles. The third-order valence-corrected chi connectivity index (χ3v) is 2.46. The second-order valence-electron chi connectivity index (χ2n) is 3.37. The van der Waals surface area contributed by atoms with Gasteiger partial charge in [0.25, 0.3) is 5.56 Å². The second-order valence-corrected chi connectivity index (χ2v) is 3.77.